The summed E-state index contributed by atoms with van der Waals surface area (Å²) >= 11 is 12.0. The Morgan fingerprint density at radius 1 is 1.40 bits per heavy atom. The average Bonchev–Trinajstić information content (AvgIpc) is 2.18. The number of alkyl halides is 1. The largest absolute Gasteiger partial charge is 0.368 e. The molecule has 0 aliphatic rings. The topological polar surface area (TPSA) is 43.1 Å². The highest BCUT2D eigenvalue weighted by molar-refractivity contribution is 6.34. The molecule has 1 amide bonds. The van der Waals surface area contributed by atoms with Crippen LogP contribution in [0.2, 0.25) is 5.02 Å². The molecule has 0 aliphatic heterocycles. The predicted octanol–water partition coefficient (Wildman–Crippen LogP) is 3.06. The third-order valence-electron chi connectivity index (χ3n) is 2.29. The Labute approximate surface area is 99.4 Å². The lowest BCUT2D eigenvalue weighted by Crippen LogP contribution is -2.36. The van der Waals surface area contributed by atoms with Gasteiger partial charge in [0.1, 0.15) is 4.87 Å². The van der Waals surface area contributed by atoms with Crippen molar-refractivity contribution < 1.29 is 4.79 Å². The first kappa shape index (κ1) is 12.3. The van der Waals surface area contributed by atoms with Crippen LogP contribution in [0.4, 0.5) is 0 Å². The number of halogens is 2. The molecule has 0 aromatic heterocycles. The number of rotatable bonds is 4. The van der Waals surface area contributed by atoms with Gasteiger partial charge in [-0.2, -0.15) is 0 Å². The van der Waals surface area contributed by atoms with Crippen molar-refractivity contribution >= 4 is 29.1 Å². The van der Waals surface area contributed by atoms with Gasteiger partial charge in [-0.3, -0.25) is 4.79 Å². The van der Waals surface area contributed by atoms with Crippen molar-refractivity contribution in [3.05, 3.63) is 34.9 Å². The number of carbonyl (C=O) groups excluding carboxylic acids is 1. The van der Waals surface area contributed by atoms with Gasteiger partial charge in [-0.1, -0.05) is 37.1 Å². The lowest BCUT2D eigenvalue weighted by Gasteiger charge is -2.23. The summed E-state index contributed by atoms with van der Waals surface area (Å²) in [4.78, 5) is 10.2. The molecule has 4 heteroatoms. The van der Waals surface area contributed by atoms with Gasteiger partial charge in [-0.25, -0.2) is 0 Å². The van der Waals surface area contributed by atoms with Gasteiger partial charge in [0.2, 0.25) is 5.91 Å². The van der Waals surface area contributed by atoms with Crippen molar-refractivity contribution in [2.45, 2.75) is 24.6 Å². The van der Waals surface area contributed by atoms with E-state index in [1.54, 1.807) is 24.3 Å². The number of amides is 1. The van der Waals surface area contributed by atoms with Gasteiger partial charge in [0, 0.05) is 5.02 Å². The fourth-order valence-electron chi connectivity index (χ4n) is 1.47. The zero-order chi connectivity index (χ0) is 11.5. The standard InChI is InChI=1S/C11H13Cl2NO/c1-2-7-11(13,10(14)15)8-3-5-9(12)6-4-8/h3-6H,2,7H2,1H3,(H2,14,15). The van der Waals surface area contributed by atoms with Crippen molar-refractivity contribution in [3.63, 3.8) is 0 Å². The minimum atomic E-state index is -1.11. The summed E-state index contributed by atoms with van der Waals surface area (Å²) < 4.78 is 0. The second kappa shape index (κ2) is 4.86. The Balaban J connectivity index is 3.09. The fraction of sp³-hybridized carbons (Fsp3) is 0.364. The average molecular weight is 246 g/mol. The number of hydrogen-bond acceptors (Lipinski definition) is 1. The molecule has 0 aliphatic carbocycles. The molecule has 1 aromatic rings. The van der Waals surface area contributed by atoms with Crippen LogP contribution in [0.5, 0.6) is 0 Å². The molecular formula is C11H13Cl2NO. The molecule has 0 fully saturated rings. The Kier molecular flexibility index (Phi) is 4.00. The van der Waals surface area contributed by atoms with Crippen LogP contribution in [0.15, 0.2) is 24.3 Å². The van der Waals surface area contributed by atoms with E-state index in [0.717, 1.165) is 6.42 Å². The smallest absolute Gasteiger partial charge is 0.243 e. The minimum absolute atomic E-state index is 0.519. The van der Waals surface area contributed by atoms with E-state index in [2.05, 4.69) is 0 Å². The molecule has 0 bridgehead atoms. The summed E-state index contributed by atoms with van der Waals surface area (Å²) in [5.41, 5.74) is 6.02. The molecule has 82 valence electrons. The highest BCUT2D eigenvalue weighted by atomic mass is 35.5. The second-order valence-corrected chi connectivity index (χ2v) is 4.50. The summed E-state index contributed by atoms with van der Waals surface area (Å²) in [5, 5.41) is 0.610. The molecule has 0 spiro atoms. The van der Waals surface area contributed by atoms with Crippen LogP contribution in [0.25, 0.3) is 0 Å². The summed E-state index contributed by atoms with van der Waals surface area (Å²) in [5.74, 6) is -0.520. The second-order valence-electron chi connectivity index (χ2n) is 3.42. The van der Waals surface area contributed by atoms with E-state index in [4.69, 9.17) is 28.9 Å². The Hall–Kier alpha value is -0.730. The maximum atomic E-state index is 11.4. The van der Waals surface area contributed by atoms with Gasteiger partial charge in [-0.15, -0.1) is 11.6 Å². The van der Waals surface area contributed by atoms with Crippen LogP contribution in [0, 0.1) is 0 Å². The van der Waals surface area contributed by atoms with Crippen molar-refractivity contribution in [1.29, 1.82) is 0 Å². The SMILES string of the molecule is CCCC(Cl)(C(N)=O)c1ccc(Cl)cc1. The van der Waals surface area contributed by atoms with Gasteiger partial charge >= 0.3 is 0 Å². The van der Waals surface area contributed by atoms with Gasteiger partial charge in [0.05, 0.1) is 0 Å². The van der Waals surface area contributed by atoms with E-state index >= 15 is 0 Å². The third-order valence-corrected chi connectivity index (χ3v) is 3.13. The predicted molar refractivity (Wildman–Crippen MR) is 63.1 cm³/mol. The number of primary amides is 1. The molecule has 0 radical (unpaired) electrons. The number of benzene rings is 1. The molecule has 2 nitrogen and oxygen atoms in total. The van der Waals surface area contributed by atoms with Crippen LogP contribution in [0.3, 0.4) is 0 Å². The normalized spacial score (nSPS) is 14.6. The highest BCUT2D eigenvalue weighted by Crippen LogP contribution is 2.34. The number of nitrogens with two attached hydrogens (primary N) is 1. The first-order valence-electron chi connectivity index (χ1n) is 4.75. The van der Waals surface area contributed by atoms with Gasteiger partial charge in [-0.05, 0) is 24.1 Å². The molecule has 0 heterocycles. The summed E-state index contributed by atoms with van der Waals surface area (Å²) in [6, 6.07) is 6.87. The van der Waals surface area contributed by atoms with Crippen molar-refractivity contribution in [1.82, 2.24) is 0 Å². The van der Waals surface area contributed by atoms with Crippen molar-refractivity contribution in [2.75, 3.05) is 0 Å². The number of carbonyl (C=O) groups is 1. The Morgan fingerprint density at radius 2 is 1.93 bits per heavy atom. The maximum absolute atomic E-state index is 11.4. The molecule has 1 unspecified atom stereocenters. The van der Waals surface area contributed by atoms with Crippen LogP contribution in [-0.2, 0) is 9.67 Å². The van der Waals surface area contributed by atoms with Crippen molar-refractivity contribution in [3.8, 4) is 0 Å². The first-order valence-corrected chi connectivity index (χ1v) is 5.51. The monoisotopic (exact) mass is 245 g/mol. The quantitative estimate of drug-likeness (QED) is 0.815. The molecule has 1 aromatic carbocycles. The maximum Gasteiger partial charge on any atom is 0.243 e. The zero-order valence-electron chi connectivity index (χ0n) is 8.47. The van der Waals surface area contributed by atoms with Crippen LogP contribution in [-0.4, -0.2) is 5.91 Å². The van der Waals surface area contributed by atoms with E-state index in [-0.39, 0.29) is 0 Å². The summed E-state index contributed by atoms with van der Waals surface area (Å²) in [7, 11) is 0. The molecule has 0 saturated carbocycles. The van der Waals surface area contributed by atoms with E-state index in [1.807, 2.05) is 6.92 Å². The van der Waals surface area contributed by atoms with Crippen molar-refractivity contribution in [2.24, 2.45) is 5.73 Å². The summed E-state index contributed by atoms with van der Waals surface area (Å²) in [6.45, 7) is 1.95. The molecular weight excluding hydrogens is 233 g/mol. The van der Waals surface area contributed by atoms with Gasteiger partial charge < -0.3 is 5.73 Å². The van der Waals surface area contributed by atoms with Crippen LogP contribution in [0.1, 0.15) is 25.3 Å². The molecule has 2 N–H and O–H groups in total. The molecule has 1 rings (SSSR count). The van der Waals surface area contributed by atoms with Gasteiger partial charge in [0.15, 0.2) is 0 Å². The van der Waals surface area contributed by atoms with E-state index in [9.17, 15) is 4.79 Å². The van der Waals surface area contributed by atoms with Crippen LogP contribution >= 0.6 is 23.2 Å². The van der Waals surface area contributed by atoms with Crippen LogP contribution < -0.4 is 5.73 Å². The van der Waals surface area contributed by atoms with Gasteiger partial charge in [0.25, 0.3) is 0 Å². The summed E-state index contributed by atoms with van der Waals surface area (Å²) in [6.07, 6.45) is 1.31. The Bertz CT molecular complexity index is 350. The van der Waals surface area contributed by atoms with E-state index in [0.29, 0.717) is 17.0 Å². The van der Waals surface area contributed by atoms with E-state index in [1.165, 1.54) is 0 Å². The molecule has 1 atom stereocenters. The Morgan fingerprint density at radius 3 is 2.33 bits per heavy atom. The molecule has 0 saturated heterocycles. The lowest BCUT2D eigenvalue weighted by molar-refractivity contribution is -0.121. The fourth-order valence-corrected chi connectivity index (χ4v) is 1.91. The lowest BCUT2D eigenvalue weighted by atomic mass is 9.93. The molecule has 15 heavy (non-hydrogen) atoms. The highest BCUT2D eigenvalue weighted by Gasteiger charge is 2.35. The first-order chi connectivity index (χ1) is 7.00. The number of hydrogen-bond donors (Lipinski definition) is 1. The van der Waals surface area contributed by atoms with E-state index < -0.39 is 10.8 Å². The zero-order valence-corrected chi connectivity index (χ0v) is 9.98. The minimum Gasteiger partial charge on any atom is -0.368 e. The third kappa shape index (κ3) is 2.64.